The van der Waals surface area contributed by atoms with Crippen LogP contribution in [-0.2, 0) is 6.42 Å². The number of amides is 2. The van der Waals surface area contributed by atoms with Crippen molar-refractivity contribution in [3.8, 4) is 5.88 Å². The first-order valence-electron chi connectivity index (χ1n) is 10.4. The van der Waals surface area contributed by atoms with E-state index >= 15 is 0 Å². The van der Waals surface area contributed by atoms with Gasteiger partial charge in [0.2, 0.25) is 11.8 Å². The average Bonchev–Trinajstić information content (AvgIpc) is 3.28. The summed E-state index contributed by atoms with van der Waals surface area (Å²) in [5.74, 6) is -0.0694. The number of carbonyl (C=O) groups is 2. The van der Waals surface area contributed by atoms with E-state index in [4.69, 9.17) is 27.9 Å². The van der Waals surface area contributed by atoms with Gasteiger partial charge in [-0.3, -0.25) is 14.5 Å². The summed E-state index contributed by atoms with van der Waals surface area (Å²) in [6.07, 6.45) is 6.11. The van der Waals surface area contributed by atoms with Crippen LogP contribution in [0.15, 0.2) is 42.6 Å². The molecule has 2 aromatic carbocycles. The lowest BCUT2D eigenvalue weighted by Gasteiger charge is -2.29. The van der Waals surface area contributed by atoms with Gasteiger partial charge in [-0.25, -0.2) is 4.98 Å². The maximum Gasteiger partial charge on any atom is 0.268 e. The third-order valence-electron chi connectivity index (χ3n) is 5.56. The van der Waals surface area contributed by atoms with Gasteiger partial charge in [-0.05, 0) is 41.8 Å². The molecule has 0 atom stereocenters. The Balaban J connectivity index is 1.44. The Morgan fingerprint density at radius 3 is 2.71 bits per heavy atom. The van der Waals surface area contributed by atoms with E-state index < -0.39 is 0 Å². The molecule has 5 rings (SSSR count). The number of aromatic nitrogens is 2. The minimum absolute atomic E-state index is 0.0813. The molecule has 34 heavy (non-hydrogen) atoms. The van der Waals surface area contributed by atoms with E-state index in [-0.39, 0.29) is 35.9 Å². The number of hydrogen-bond acceptors (Lipinski definition) is 6. The molecule has 2 amide bonds. The van der Waals surface area contributed by atoms with Gasteiger partial charge in [-0.1, -0.05) is 41.4 Å². The first kappa shape index (κ1) is 22.2. The standard InChI is InChI=1S/C24H19Cl2N5O3/c1-30(2)22(32)16-10-14(9-13-5-3-6-15(13)16)28-24-27-11-17-21(29-24)34-12-31(23(17)33)20-18(25)7-4-8-19(20)26/h3-5,7-11H,6,12H2,1-2H3,(H,27,28,29). The van der Waals surface area contributed by atoms with Gasteiger partial charge in [-0.2, -0.15) is 4.98 Å². The Hall–Kier alpha value is -3.62. The second-order valence-corrected chi connectivity index (χ2v) is 8.83. The van der Waals surface area contributed by atoms with Crippen molar-refractivity contribution < 1.29 is 14.3 Å². The number of rotatable bonds is 4. The van der Waals surface area contributed by atoms with Crippen molar-refractivity contribution in [2.45, 2.75) is 6.42 Å². The molecule has 1 aromatic heterocycles. The van der Waals surface area contributed by atoms with Gasteiger partial charge in [0.25, 0.3) is 11.8 Å². The van der Waals surface area contributed by atoms with Crippen molar-refractivity contribution in [1.82, 2.24) is 14.9 Å². The van der Waals surface area contributed by atoms with Gasteiger partial charge >= 0.3 is 0 Å². The van der Waals surface area contributed by atoms with Crippen molar-refractivity contribution in [1.29, 1.82) is 0 Å². The quantitative estimate of drug-likeness (QED) is 0.559. The minimum atomic E-state index is -0.371. The molecule has 2 aliphatic rings. The van der Waals surface area contributed by atoms with Crippen molar-refractivity contribution in [2.75, 3.05) is 31.0 Å². The molecule has 0 fully saturated rings. The predicted octanol–water partition coefficient (Wildman–Crippen LogP) is 4.79. The Labute approximate surface area is 205 Å². The molecule has 1 aliphatic carbocycles. The van der Waals surface area contributed by atoms with E-state index in [1.165, 1.54) is 11.1 Å². The van der Waals surface area contributed by atoms with Gasteiger partial charge in [0, 0.05) is 31.5 Å². The fourth-order valence-electron chi connectivity index (χ4n) is 3.93. The summed E-state index contributed by atoms with van der Waals surface area (Å²) in [5.41, 5.74) is 3.78. The van der Waals surface area contributed by atoms with Crippen molar-refractivity contribution in [3.63, 3.8) is 0 Å². The average molecular weight is 496 g/mol. The van der Waals surface area contributed by atoms with Crippen LogP contribution < -0.4 is 15.0 Å². The van der Waals surface area contributed by atoms with E-state index in [9.17, 15) is 9.59 Å². The Bertz CT molecular complexity index is 1350. The Kier molecular flexibility index (Phi) is 5.63. The number of para-hydroxylation sites is 1. The van der Waals surface area contributed by atoms with E-state index in [1.54, 1.807) is 43.3 Å². The predicted molar refractivity (Wildman–Crippen MR) is 131 cm³/mol. The van der Waals surface area contributed by atoms with Gasteiger partial charge in [0.05, 0.1) is 15.7 Å². The number of benzene rings is 2. The van der Waals surface area contributed by atoms with Crippen molar-refractivity contribution >= 4 is 58.4 Å². The largest absolute Gasteiger partial charge is 0.455 e. The normalized spacial score (nSPS) is 13.9. The highest BCUT2D eigenvalue weighted by Crippen LogP contribution is 2.37. The van der Waals surface area contributed by atoms with E-state index in [0.29, 0.717) is 33.4 Å². The Morgan fingerprint density at radius 1 is 1.21 bits per heavy atom. The molecule has 1 aliphatic heterocycles. The molecule has 10 heteroatoms. The van der Waals surface area contributed by atoms with E-state index in [2.05, 4.69) is 15.3 Å². The second-order valence-electron chi connectivity index (χ2n) is 8.01. The van der Waals surface area contributed by atoms with Crippen LogP contribution in [0.25, 0.3) is 6.08 Å². The maximum absolute atomic E-state index is 13.1. The van der Waals surface area contributed by atoms with Crippen LogP contribution in [0.2, 0.25) is 10.0 Å². The van der Waals surface area contributed by atoms with Crippen LogP contribution in [0.4, 0.5) is 17.3 Å². The summed E-state index contributed by atoms with van der Waals surface area (Å²) in [7, 11) is 3.44. The number of fused-ring (bicyclic) bond motifs is 2. The molecular formula is C24H19Cl2N5O3. The summed E-state index contributed by atoms with van der Waals surface area (Å²) in [5, 5.41) is 3.79. The summed E-state index contributed by atoms with van der Waals surface area (Å²) in [6, 6.07) is 8.71. The topological polar surface area (TPSA) is 87.7 Å². The summed E-state index contributed by atoms with van der Waals surface area (Å²) < 4.78 is 5.74. The van der Waals surface area contributed by atoms with Crippen LogP contribution in [0.3, 0.4) is 0 Å². The van der Waals surface area contributed by atoms with Gasteiger partial charge in [0.15, 0.2) is 6.73 Å². The molecule has 172 valence electrons. The SMILES string of the molecule is CN(C)C(=O)c1cc(Nc2ncc3c(n2)OCN(c2c(Cl)cccc2Cl)C3=O)cc2c1CC=C2. The lowest BCUT2D eigenvalue weighted by Crippen LogP contribution is -2.39. The number of ether oxygens (including phenoxy) is 1. The lowest BCUT2D eigenvalue weighted by molar-refractivity contribution is 0.0826. The highest BCUT2D eigenvalue weighted by Gasteiger charge is 2.31. The molecule has 0 unspecified atom stereocenters. The molecular weight excluding hydrogens is 477 g/mol. The second kappa shape index (κ2) is 8.62. The van der Waals surface area contributed by atoms with Gasteiger partial charge in [-0.15, -0.1) is 0 Å². The summed E-state index contributed by atoms with van der Waals surface area (Å²) >= 11 is 12.5. The molecule has 0 radical (unpaired) electrons. The highest BCUT2D eigenvalue weighted by molar-refractivity contribution is 6.40. The fourth-order valence-corrected chi connectivity index (χ4v) is 4.53. The van der Waals surface area contributed by atoms with E-state index in [0.717, 1.165) is 11.1 Å². The molecule has 2 heterocycles. The van der Waals surface area contributed by atoms with Crippen LogP contribution in [-0.4, -0.2) is 47.5 Å². The maximum atomic E-state index is 13.1. The lowest BCUT2D eigenvalue weighted by atomic mass is 10.0. The van der Waals surface area contributed by atoms with Crippen LogP contribution in [0.5, 0.6) is 5.88 Å². The van der Waals surface area contributed by atoms with Crippen LogP contribution >= 0.6 is 23.2 Å². The zero-order valence-electron chi connectivity index (χ0n) is 18.3. The number of nitrogens with zero attached hydrogens (tertiary/aromatic N) is 4. The van der Waals surface area contributed by atoms with Gasteiger partial charge < -0.3 is 15.0 Å². The molecule has 8 nitrogen and oxygen atoms in total. The zero-order valence-corrected chi connectivity index (χ0v) is 19.8. The monoisotopic (exact) mass is 495 g/mol. The molecule has 0 bridgehead atoms. The third kappa shape index (κ3) is 3.85. The molecule has 1 N–H and O–H groups in total. The number of halogens is 2. The number of nitrogens with one attached hydrogen (secondary N) is 1. The molecule has 0 saturated heterocycles. The van der Waals surface area contributed by atoms with Gasteiger partial charge in [0.1, 0.15) is 5.56 Å². The number of hydrogen-bond donors (Lipinski definition) is 1. The smallest absolute Gasteiger partial charge is 0.268 e. The van der Waals surface area contributed by atoms with E-state index in [1.807, 2.05) is 18.2 Å². The summed E-state index contributed by atoms with van der Waals surface area (Å²) in [6.45, 7) is -0.100. The highest BCUT2D eigenvalue weighted by atomic mass is 35.5. The number of carbonyl (C=O) groups excluding carboxylic acids is 2. The molecule has 0 spiro atoms. The zero-order chi connectivity index (χ0) is 24.0. The summed E-state index contributed by atoms with van der Waals surface area (Å²) in [4.78, 5) is 37.3. The fraction of sp³-hybridized carbons (Fsp3) is 0.167. The number of allylic oxidation sites excluding steroid dienone is 1. The first-order chi connectivity index (χ1) is 16.3. The van der Waals surface area contributed by atoms with Crippen LogP contribution in [0, 0.1) is 0 Å². The minimum Gasteiger partial charge on any atom is -0.455 e. The first-order valence-corrected chi connectivity index (χ1v) is 11.2. The molecule has 0 saturated carbocycles. The number of anilines is 3. The van der Waals surface area contributed by atoms with Crippen LogP contribution in [0.1, 0.15) is 31.8 Å². The van der Waals surface area contributed by atoms with Crippen molar-refractivity contribution in [2.24, 2.45) is 0 Å². The third-order valence-corrected chi connectivity index (χ3v) is 6.17. The molecule has 3 aromatic rings. The Morgan fingerprint density at radius 2 is 1.97 bits per heavy atom. The van der Waals surface area contributed by atoms with Crippen molar-refractivity contribution in [3.05, 3.63) is 74.9 Å².